The molecule has 0 aromatic carbocycles. The van der Waals surface area contributed by atoms with Crippen molar-refractivity contribution in [2.75, 3.05) is 18.6 Å². The molecule has 5 rings (SSSR count). The van der Waals surface area contributed by atoms with Crippen molar-refractivity contribution in [3.63, 3.8) is 0 Å². The Morgan fingerprint density at radius 3 is 2.97 bits per heavy atom. The lowest BCUT2D eigenvalue weighted by Crippen LogP contribution is -2.71. The van der Waals surface area contributed by atoms with E-state index in [9.17, 15) is 19.5 Å². The highest BCUT2D eigenvalue weighted by Gasteiger charge is 2.54. The molecule has 0 saturated carbocycles. The van der Waals surface area contributed by atoms with Crippen LogP contribution in [0.1, 0.15) is 5.69 Å². The largest absolute Gasteiger partial charge is 0.477 e. The molecule has 0 spiro atoms. The van der Waals surface area contributed by atoms with E-state index in [0.717, 1.165) is 17.0 Å². The average Bonchev–Trinajstić information content (AvgIpc) is 3.46. The fraction of sp³-hybridized carbons (Fsp3) is 0.250. The Morgan fingerprint density at radius 1 is 1.43 bits per heavy atom. The molecular weight excluding hydrogens is 496 g/mol. The molecular formula is C20H19N8O5S2+. The van der Waals surface area contributed by atoms with Crippen molar-refractivity contribution in [3.05, 3.63) is 53.1 Å². The maximum absolute atomic E-state index is 13.0. The molecule has 1 fully saturated rings. The average molecular weight is 516 g/mol. The molecule has 0 radical (unpaired) electrons. The van der Waals surface area contributed by atoms with Gasteiger partial charge in [0.1, 0.15) is 36.1 Å². The number of anilines is 1. The predicted octanol–water partition coefficient (Wildman–Crippen LogP) is -0.550. The molecule has 0 unspecified atom stereocenters. The van der Waals surface area contributed by atoms with Crippen LogP contribution in [0.5, 0.6) is 0 Å². The number of oxime groups is 1. The number of pyridine rings is 1. The highest BCUT2D eigenvalue weighted by Crippen LogP contribution is 2.40. The lowest BCUT2D eigenvalue weighted by molar-refractivity contribution is -0.664. The number of hydrogen-bond acceptors (Lipinski definition) is 10. The fourth-order valence-corrected chi connectivity index (χ4v) is 5.84. The molecule has 2 aliphatic rings. The first-order chi connectivity index (χ1) is 16.9. The molecule has 2 atom stereocenters. The van der Waals surface area contributed by atoms with Crippen molar-refractivity contribution in [2.24, 2.45) is 5.16 Å². The number of β-lactam (4-membered cyclic amide) rings is 1. The summed E-state index contributed by atoms with van der Waals surface area (Å²) in [7, 11) is 1.28. The molecule has 4 N–H and O–H groups in total. The Hall–Kier alpha value is -3.98. The van der Waals surface area contributed by atoms with Gasteiger partial charge in [0.2, 0.25) is 0 Å². The summed E-state index contributed by atoms with van der Waals surface area (Å²) in [5.41, 5.74) is 7.00. The Balaban J connectivity index is 1.37. The molecule has 2 aliphatic heterocycles. The Bertz CT molecular complexity index is 1410. The van der Waals surface area contributed by atoms with E-state index in [4.69, 9.17) is 10.6 Å². The summed E-state index contributed by atoms with van der Waals surface area (Å²) in [6.45, 7) is 0.256. The number of aromatic nitrogens is 4. The monoisotopic (exact) mass is 515 g/mol. The smallest absolute Gasteiger partial charge is 0.352 e. The molecule has 2 amide bonds. The first-order valence-electron chi connectivity index (χ1n) is 10.2. The van der Waals surface area contributed by atoms with Crippen LogP contribution in [0.2, 0.25) is 0 Å². The Kier molecular flexibility index (Phi) is 5.86. The molecule has 3 aromatic heterocycles. The number of nitrogens with one attached hydrogen (secondary N) is 1. The minimum absolute atomic E-state index is 0.0786. The van der Waals surface area contributed by atoms with E-state index < -0.39 is 29.2 Å². The summed E-state index contributed by atoms with van der Waals surface area (Å²) in [4.78, 5) is 48.0. The van der Waals surface area contributed by atoms with Crippen LogP contribution >= 0.6 is 23.1 Å². The molecule has 35 heavy (non-hydrogen) atoms. The van der Waals surface area contributed by atoms with Gasteiger partial charge < -0.3 is 21.0 Å². The lowest BCUT2D eigenvalue weighted by atomic mass is 10.0. The van der Waals surface area contributed by atoms with Crippen LogP contribution in [0.15, 0.2) is 52.5 Å². The number of nitrogen functional groups attached to an aromatic ring is 1. The van der Waals surface area contributed by atoms with E-state index in [1.165, 1.54) is 23.8 Å². The van der Waals surface area contributed by atoms with Crippen LogP contribution in [0.3, 0.4) is 0 Å². The van der Waals surface area contributed by atoms with Gasteiger partial charge in [0.05, 0.1) is 6.54 Å². The number of thiazole rings is 1. The molecule has 3 aromatic rings. The van der Waals surface area contributed by atoms with Gasteiger partial charge in [0.25, 0.3) is 23.8 Å². The zero-order chi connectivity index (χ0) is 24.7. The molecule has 13 nitrogen and oxygen atoms in total. The Labute approximate surface area is 205 Å². The number of fused-ring (bicyclic) bond motifs is 2. The Morgan fingerprint density at radius 2 is 2.26 bits per heavy atom. The number of aliphatic carboxylic acids is 1. The van der Waals surface area contributed by atoms with E-state index in [-0.39, 0.29) is 28.8 Å². The standard InChI is InChI=1S/C20H18N8O5S2/c1-33-25-13(11-8-35-20(21)23-11)16(29)24-14-17(30)28-15(19(31)32)10(7-34-18(14)28)6-26-9-22-27-5-3-2-4-12(26)27/h2-5,8-9,14,18H,6-7H2,1H3,(H3-,21,23,24,29,31,32)/p+1/t14-,18+/m1/s1. The van der Waals surface area contributed by atoms with Crippen LogP contribution < -0.4 is 15.6 Å². The van der Waals surface area contributed by atoms with Crippen LogP contribution in [0.4, 0.5) is 5.13 Å². The first kappa shape index (κ1) is 22.8. The number of nitrogens with two attached hydrogens (primary N) is 1. The quantitative estimate of drug-likeness (QED) is 0.162. The van der Waals surface area contributed by atoms with Crippen LogP contribution in [0, 0.1) is 0 Å². The number of carboxylic acid groups (broad SMARTS) is 1. The highest BCUT2D eigenvalue weighted by molar-refractivity contribution is 8.00. The van der Waals surface area contributed by atoms with Crippen molar-refractivity contribution in [1.29, 1.82) is 0 Å². The molecule has 5 heterocycles. The zero-order valence-electron chi connectivity index (χ0n) is 18.2. The third-order valence-electron chi connectivity index (χ3n) is 5.49. The number of nitrogens with zero attached hydrogens (tertiary/aromatic N) is 6. The topological polar surface area (TPSA) is 168 Å². The van der Waals surface area contributed by atoms with Gasteiger partial charge >= 0.3 is 5.97 Å². The maximum atomic E-state index is 13.0. The van der Waals surface area contributed by atoms with E-state index in [2.05, 4.69) is 20.6 Å². The van der Waals surface area contributed by atoms with Crippen LogP contribution in [0.25, 0.3) is 5.65 Å². The number of carboxylic acids is 1. The van der Waals surface area contributed by atoms with Gasteiger partial charge in [-0.25, -0.2) is 14.3 Å². The minimum atomic E-state index is -1.21. The third kappa shape index (κ3) is 3.97. The van der Waals surface area contributed by atoms with E-state index in [1.54, 1.807) is 22.4 Å². The number of hydrogen-bond donors (Lipinski definition) is 3. The number of thioether (sulfide) groups is 1. The minimum Gasteiger partial charge on any atom is -0.477 e. The van der Waals surface area contributed by atoms with Gasteiger partial charge in [0, 0.05) is 27.9 Å². The summed E-state index contributed by atoms with van der Waals surface area (Å²) < 4.78 is 3.49. The van der Waals surface area contributed by atoms with Crippen LogP contribution in [-0.4, -0.2) is 72.4 Å². The van der Waals surface area contributed by atoms with E-state index >= 15 is 0 Å². The van der Waals surface area contributed by atoms with Crippen LogP contribution in [-0.2, 0) is 25.8 Å². The summed E-state index contributed by atoms with van der Waals surface area (Å²) in [5.74, 6) is -2.05. The molecule has 0 aliphatic carbocycles. The fourth-order valence-electron chi connectivity index (χ4n) is 3.96. The second kappa shape index (κ2) is 8.99. The molecule has 15 heteroatoms. The zero-order valence-corrected chi connectivity index (χ0v) is 19.8. The number of rotatable bonds is 7. The first-order valence-corrected chi connectivity index (χ1v) is 12.2. The van der Waals surface area contributed by atoms with E-state index in [0.29, 0.717) is 11.3 Å². The summed E-state index contributed by atoms with van der Waals surface area (Å²) >= 11 is 2.50. The molecule has 180 valence electrons. The maximum Gasteiger partial charge on any atom is 0.352 e. The normalized spacial score (nSPS) is 20.0. The summed E-state index contributed by atoms with van der Waals surface area (Å²) in [6.07, 6.45) is 3.40. The van der Waals surface area contributed by atoms with Crippen molar-refractivity contribution in [3.8, 4) is 0 Å². The van der Waals surface area contributed by atoms with Crippen molar-refractivity contribution in [2.45, 2.75) is 18.0 Å². The summed E-state index contributed by atoms with van der Waals surface area (Å²) in [5, 5.41) is 21.8. The third-order valence-corrected chi connectivity index (χ3v) is 7.50. The van der Waals surface area contributed by atoms with E-state index in [1.807, 2.05) is 22.8 Å². The highest BCUT2D eigenvalue weighted by atomic mass is 32.2. The SMILES string of the molecule is CON=C(C(=O)N[C@@H]1C(=O)N2C(C(=O)O)=C(C[n+]3cnn4ccccc43)CS[C@@H]12)c1csc(N)n1. The van der Waals surface area contributed by atoms with Gasteiger partial charge in [-0.15, -0.1) is 23.1 Å². The number of carbonyl (C=O) groups excluding carboxylic acids is 2. The molecule has 0 bridgehead atoms. The summed E-state index contributed by atoms with van der Waals surface area (Å²) in [6, 6.07) is 4.64. The van der Waals surface area contributed by atoms with Crippen molar-refractivity contribution >= 4 is 57.4 Å². The molecule has 1 saturated heterocycles. The predicted molar refractivity (Wildman–Crippen MR) is 125 cm³/mol. The van der Waals surface area contributed by atoms with Crippen molar-refractivity contribution < 1.29 is 28.9 Å². The lowest BCUT2D eigenvalue weighted by Gasteiger charge is -2.49. The van der Waals surface area contributed by atoms with Gasteiger partial charge in [-0.3, -0.25) is 14.5 Å². The van der Waals surface area contributed by atoms with Crippen molar-refractivity contribution in [1.82, 2.24) is 24.8 Å². The van der Waals surface area contributed by atoms with Gasteiger partial charge in [-0.05, 0) is 6.07 Å². The second-order valence-corrected chi connectivity index (χ2v) is 9.57. The van der Waals surface area contributed by atoms with Gasteiger partial charge in [-0.1, -0.05) is 15.7 Å². The van der Waals surface area contributed by atoms with Gasteiger partial charge in [0.15, 0.2) is 10.8 Å². The number of amides is 2. The van der Waals surface area contributed by atoms with Gasteiger partial charge in [-0.2, -0.15) is 0 Å². The second-order valence-electron chi connectivity index (χ2n) is 7.57. The number of carbonyl (C=O) groups is 3.